The number of nitrogens with two attached hydrogens (primary N) is 1. The Kier molecular flexibility index (Phi) is 5.07. The Bertz CT molecular complexity index is 1400. The van der Waals surface area contributed by atoms with Gasteiger partial charge >= 0.3 is 5.97 Å². The number of carbonyl (C=O) groups is 2. The first-order valence-electron chi connectivity index (χ1n) is 11.0. The summed E-state index contributed by atoms with van der Waals surface area (Å²) in [6.45, 7) is 0. The number of carboxylic acid groups (broad SMARTS) is 1. The number of hydrogen-bond donors (Lipinski definition) is 2. The van der Waals surface area contributed by atoms with Crippen molar-refractivity contribution in [2.75, 3.05) is 15.8 Å². The smallest absolute Gasteiger partial charge is 0.335 e. The lowest BCUT2D eigenvalue weighted by atomic mass is 9.70. The van der Waals surface area contributed by atoms with E-state index in [4.69, 9.17) is 5.73 Å². The highest BCUT2D eigenvalue weighted by Crippen LogP contribution is 2.59. The quantitative estimate of drug-likeness (QED) is 0.631. The minimum Gasteiger partial charge on any atom is -0.478 e. The Labute approximate surface area is 197 Å². The highest BCUT2D eigenvalue weighted by Gasteiger charge is 2.60. The maximum Gasteiger partial charge on any atom is 0.335 e. The van der Waals surface area contributed by atoms with Crippen LogP contribution in [-0.2, 0) is 25.3 Å². The van der Waals surface area contributed by atoms with Gasteiger partial charge in [0, 0.05) is 11.0 Å². The summed E-state index contributed by atoms with van der Waals surface area (Å²) in [7, 11) is -7.35. The van der Waals surface area contributed by atoms with Crippen molar-refractivity contribution in [2.45, 2.75) is 42.0 Å². The van der Waals surface area contributed by atoms with Crippen LogP contribution in [0.2, 0.25) is 0 Å². The number of amides is 1. The zero-order chi connectivity index (χ0) is 24.5. The molecule has 2 heterocycles. The molecule has 1 unspecified atom stereocenters. The summed E-state index contributed by atoms with van der Waals surface area (Å²) in [5.74, 6) is -1.91. The lowest BCUT2D eigenvalue weighted by Crippen LogP contribution is -2.52. The molecule has 0 aromatic heterocycles. The van der Waals surface area contributed by atoms with Crippen LogP contribution in [-0.4, -0.2) is 51.4 Å². The monoisotopic (exact) mass is 504 g/mol. The third kappa shape index (κ3) is 3.49. The van der Waals surface area contributed by atoms with E-state index in [1.54, 1.807) is 0 Å². The van der Waals surface area contributed by atoms with Gasteiger partial charge in [-0.2, -0.15) is 0 Å². The fraction of sp³-hybridized carbons (Fsp3) is 0.391. The van der Waals surface area contributed by atoms with E-state index in [1.165, 1.54) is 46.8 Å². The normalized spacial score (nSPS) is 22.9. The fourth-order valence-corrected chi connectivity index (χ4v) is 8.85. The first-order valence-corrected chi connectivity index (χ1v) is 14.2. The Morgan fingerprint density at radius 2 is 1.59 bits per heavy atom. The van der Waals surface area contributed by atoms with Crippen molar-refractivity contribution in [1.29, 1.82) is 0 Å². The van der Waals surface area contributed by atoms with Crippen LogP contribution in [0.1, 0.15) is 52.0 Å². The van der Waals surface area contributed by atoms with Crippen LogP contribution in [0.5, 0.6) is 0 Å². The molecule has 3 aliphatic rings. The molecule has 2 fully saturated rings. The number of fused-ring (bicyclic) bond motifs is 2. The van der Waals surface area contributed by atoms with Gasteiger partial charge in [0.2, 0.25) is 5.91 Å². The zero-order valence-electron chi connectivity index (χ0n) is 18.2. The van der Waals surface area contributed by atoms with Crippen molar-refractivity contribution in [3.63, 3.8) is 0 Å². The maximum atomic E-state index is 14.0. The van der Waals surface area contributed by atoms with Crippen molar-refractivity contribution in [1.82, 2.24) is 0 Å². The van der Waals surface area contributed by atoms with E-state index in [0.29, 0.717) is 11.3 Å². The number of aromatic carboxylic acids is 1. The van der Waals surface area contributed by atoms with Crippen molar-refractivity contribution in [3.8, 4) is 0 Å². The number of sulfone groups is 1. The topological polar surface area (TPSA) is 152 Å². The standard InChI is InChI=1S/C23H24N2O7S2/c24-21(26)15-3-6-17(7-4-15)34(31,32)25-19-8-5-16(22(27)28)13-18(19)23(20(25)14-1-2-14)9-11-33(29,30)12-10-23/h3-8,13-14,20H,1-2,9-12H2,(H2,24,26)(H,27,28). The molecular formula is C23H24N2O7S2. The van der Waals surface area contributed by atoms with Gasteiger partial charge in [-0.15, -0.1) is 0 Å². The van der Waals surface area contributed by atoms with Gasteiger partial charge in [-0.05, 0) is 79.6 Å². The molecule has 1 atom stereocenters. The fourth-order valence-electron chi connectivity index (χ4n) is 5.50. The molecular weight excluding hydrogens is 480 g/mol. The molecule has 1 saturated carbocycles. The lowest BCUT2D eigenvalue weighted by Gasteiger charge is -2.41. The number of rotatable bonds is 5. The molecule has 9 nitrogen and oxygen atoms in total. The van der Waals surface area contributed by atoms with Crippen molar-refractivity contribution < 1.29 is 31.5 Å². The Morgan fingerprint density at radius 3 is 2.12 bits per heavy atom. The van der Waals surface area contributed by atoms with E-state index in [2.05, 4.69) is 0 Å². The number of benzene rings is 2. The SMILES string of the molecule is NC(=O)c1ccc(S(=O)(=O)N2c3ccc(C(=O)O)cc3C3(CCS(=O)(=O)CC3)C2C2CC2)cc1. The average molecular weight is 505 g/mol. The predicted octanol–water partition coefficient (Wildman–Crippen LogP) is 1.92. The number of carboxylic acids is 1. The molecule has 1 spiro atoms. The third-order valence-electron chi connectivity index (χ3n) is 7.32. The highest BCUT2D eigenvalue weighted by molar-refractivity contribution is 7.93. The summed E-state index contributed by atoms with van der Waals surface area (Å²) in [5.41, 5.74) is 5.68. The summed E-state index contributed by atoms with van der Waals surface area (Å²) in [4.78, 5) is 23.1. The second-order valence-electron chi connectivity index (χ2n) is 9.32. The van der Waals surface area contributed by atoms with Crippen molar-refractivity contribution in [2.24, 2.45) is 11.7 Å². The van der Waals surface area contributed by atoms with Crippen LogP contribution in [0.15, 0.2) is 47.4 Å². The van der Waals surface area contributed by atoms with Crippen LogP contribution in [0, 0.1) is 5.92 Å². The average Bonchev–Trinajstić information content (AvgIpc) is 3.59. The molecule has 2 aromatic rings. The molecule has 180 valence electrons. The van der Waals surface area contributed by atoms with Crippen LogP contribution >= 0.6 is 0 Å². The van der Waals surface area contributed by atoms with E-state index in [0.717, 1.165) is 12.8 Å². The third-order valence-corrected chi connectivity index (χ3v) is 10.8. The molecule has 3 N–H and O–H groups in total. The van der Waals surface area contributed by atoms with Gasteiger partial charge in [-0.1, -0.05) is 0 Å². The van der Waals surface area contributed by atoms with Crippen LogP contribution in [0.4, 0.5) is 5.69 Å². The minimum absolute atomic E-state index is 0.0168. The van der Waals surface area contributed by atoms with Gasteiger partial charge in [-0.3, -0.25) is 9.10 Å². The molecule has 1 amide bonds. The number of hydrogen-bond acceptors (Lipinski definition) is 6. The van der Waals surface area contributed by atoms with Crippen LogP contribution < -0.4 is 10.0 Å². The first kappa shape index (κ1) is 22.9. The number of sulfonamides is 1. The molecule has 34 heavy (non-hydrogen) atoms. The number of nitrogens with zero attached hydrogens (tertiary/aromatic N) is 1. The van der Waals surface area contributed by atoms with Gasteiger partial charge in [0.15, 0.2) is 0 Å². The van der Waals surface area contributed by atoms with Crippen LogP contribution in [0.3, 0.4) is 0 Å². The first-order chi connectivity index (χ1) is 16.0. The Morgan fingerprint density at radius 1 is 1.00 bits per heavy atom. The largest absolute Gasteiger partial charge is 0.478 e. The summed E-state index contributed by atoms with van der Waals surface area (Å²) in [5, 5.41) is 9.58. The van der Waals surface area contributed by atoms with Crippen molar-refractivity contribution in [3.05, 3.63) is 59.2 Å². The number of anilines is 1. The highest BCUT2D eigenvalue weighted by atomic mass is 32.2. The van der Waals surface area contributed by atoms with Gasteiger partial charge in [0.25, 0.3) is 10.0 Å². The maximum absolute atomic E-state index is 14.0. The van der Waals surface area contributed by atoms with Gasteiger partial charge < -0.3 is 10.8 Å². The number of carbonyl (C=O) groups excluding carboxylic acids is 1. The summed E-state index contributed by atoms with van der Waals surface area (Å²) < 4.78 is 53.9. The zero-order valence-corrected chi connectivity index (χ0v) is 19.8. The molecule has 1 saturated heterocycles. The van der Waals surface area contributed by atoms with E-state index in [-0.39, 0.29) is 46.3 Å². The van der Waals surface area contributed by atoms with Gasteiger partial charge in [0.1, 0.15) is 9.84 Å². The van der Waals surface area contributed by atoms with Crippen LogP contribution in [0.25, 0.3) is 0 Å². The van der Waals surface area contributed by atoms with E-state index in [9.17, 15) is 31.5 Å². The summed E-state index contributed by atoms with van der Waals surface area (Å²) >= 11 is 0. The van der Waals surface area contributed by atoms with Crippen molar-refractivity contribution >= 4 is 37.4 Å². The molecule has 0 bridgehead atoms. The van der Waals surface area contributed by atoms with Gasteiger partial charge in [0.05, 0.1) is 33.7 Å². The van der Waals surface area contributed by atoms with E-state index in [1.807, 2.05) is 0 Å². The Balaban J connectivity index is 1.70. The predicted molar refractivity (Wildman–Crippen MR) is 124 cm³/mol. The molecule has 1 aliphatic carbocycles. The molecule has 11 heteroatoms. The molecule has 5 rings (SSSR count). The molecule has 2 aliphatic heterocycles. The summed E-state index contributed by atoms with van der Waals surface area (Å²) in [6, 6.07) is 9.27. The lowest BCUT2D eigenvalue weighted by molar-refractivity contribution is 0.0696. The second-order valence-corrected chi connectivity index (χ2v) is 13.4. The molecule has 2 aromatic carbocycles. The molecule has 0 radical (unpaired) electrons. The Hall–Kier alpha value is -2.92. The second kappa shape index (κ2) is 7.54. The van der Waals surface area contributed by atoms with Gasteiger partial charge in [-0.25, -0.2) is 21.6 Å². The van der Waals surface area contributed by atoms with E-state index < -0.39 is 43.2 Å². The summed E-state index contributed by atoms with van der Waals surface area (Å²) in [6.07, 6.45) is 2.09. The number of primary amides is 1. The van der Waals surface area contributed by atoms with E-state index >= 15 is 0 Å². The minimum atomic E-state index is -4.10.